The number of nitriles is 1. The number of hydrogen-bond donors (Lipinski definition) is 1. The molecule has 9 heteroatoms. The number of amides is 1. The summed E-state index contributed by atoms with van der Waals surface area (Å²) in [5.74, 6) is -0.0197. The Bertz CT molecular complexity index is 1220. The highest BCUT2D eigenvalue weighted by atomic mass is 32.2. The number of nitrogens with one attached hydrogen (secondary N) is 1. The highest BCUT2D eigenvalue weighted by Gasteiger charge is 2.36. The van der Waals surface area contributed by atoms with E-state index in [0.29, 0.717) is 23.6 Å². The Kier molecular flexibility index (Phi) is 8.77. The lowest BCUT2D eigenvalue weighted by molar-refractivity contribution is -0.138. The molecule has 3 aromatic rings. The van der Waals surface area contributed by atoms with Crippen LogP contribution >= 0.6 is 11.8 Å². The summed E-state index contributed by atoms with van der Waals surface area (Å²) in [5.41, 5.74) is 0.333. The van der Waals surface area contributed by atoms with Crippen LogP contribution in [0.3, 0.4) is 0 Å². The molecule has 2 aromatic carbocycles. The Morgan fingerprint density at radius 2 is 1.91 bits per heavy atom. The van der Waals surface area contributed by atoms with Gasteiger partial charge < -0.3 is 10.1 Å². The SMILES string of the molecule is CCCCOc1ccc(-c2cc(C(F)(F)F)c(C#N)c(SCC(=O)Nc3cccc(C)c3)n2)cc1. The van der Waals surface area contributed by atoms with Crippen molar-refractivity contribution < 1.29 is 22.7 Å². The summed E-state index contributed by atoms with van der Waals surface area (Å²) < 4.78 is 47.0. The predicted octanol–water partition coefficient (Wildman–Crippen LogP) is 6.86. The van der Waals surface area contributed by atoms with Crippen LogP contribution in [0.2, 0.25) is 0 Å². The summed E-state index contributed by atoms with van der Waals surface area (Å²) in [6, 6.07) is 16.2. The maximum absolute atomic E-state index is 13.8. The molecule has 0 saturated carbocycles. The molecular formula is C26H24F3N3O2S. The number of thioether (sulfide) groups is 1. The second-order valence-electron chi connectivity index (χ2n) is 7.78. The highest BCUT2D eigenvalue weighted by molar-refractivity contribution is 8.00. The Labute approximate surface area is 206 Å². The van der Waals surface area contributed by atoms with Crippen molar-refractivity contribution in [2.45, 2.75) is 37.9 Å². The zero-order valence-electron chi connectivity index (χ0n) is 19.3. The topological polar surface area (TPSA) is 75.0 Å². The fraction of sp³-hybridized carbons (Fsp3) is 0.269. The van der Waals surface area contributed by atoms with Gasteiger partial charge in [0.1, 0.15) is 16.8 Å². The van der Waals surface area contributed by atoms with E-state index in [1.165, 1.54) is 0 Å². The Morgan fingerprint density at radius 1 is 1.17 bits per heavy atom. The number of anilines is 1. The Hall–Kier alpha value is -3.51. The van der Waals surface area contributed by atoms with Crippen LogP contribution in [0.15, 0.2) is 59.6 Å². The number of aryl methyl sites for hydroxylation is 1. The largest absolute Gasteiger partial charge is 0.494 e. The molecule has 1 amide bonds. The lowest BCUT2D eigenvalue weighted by atomic mass is 10.1. The summed E-state index contributed by atoms with van der Waals surface area (Å²) in [6.07, 6.45) is -2.88. The first-order valence-corrected chi connectivity index (χ1v) is 11.9. The number of benzene rings is 2. The maximum atomic E-state index is 13.8. The van der Waals surface area contributed by atoms with E-state index < -0.39 is 23.2 Å². The van der Waals surface area contributed by atoms with E-state index in [4.69, 9.17) is 4.74 Å². The second-order valence-corrected chi connectivity index (χ2v) is 8.74. The van der Waals surface area contributed by atoms with Crippen molar-refractivity contribution in [2.24, 2.45) is 0 Å². The molecule has 35 heavy (non-hydrogen) atoms. The minimum Gasteiger partial charge on any atom is -0.494 e. The second kappa shape index (κ2) is 11.8. The van der Waals surface area contributed by atoms with Gasteiger partial charge in [-0.3, -0.25) is 4.79 Å². The number of carbonyl (C=O) groups excluding carboxylic acids is 1. The van der Waals surface area contributed by atoms with Crippen LogP contribution in [0, 0.1) is 18.3 Å². The van der Waals surface area contributed by atoms with E-state index in [1.54, 1.807) is 48.5 Å². The average Bonchev–Trinajstić information content (AvgIpc) is 2.82. The third-order valence-corrected chi connectivity index (χ3v) is 5.94. The van der Waals surface area contributed by atoms with Crippen molar-refractivity contribution >= 4 is 23.4 Å². The lowest BCUT2D eigenvalue weighted by Crippen LogP contribution is -2.15. The van der Waals surface area contributed by atoms with Crippen LogP contribution < -0.4 is 10.1 Å². The van der Waals surface area contributed by atoms with Crippen molar-refractivity contribution in [3.8, 4) is 23.1 Å². The van der Waals surface area contributed by atoms with Crippen LogP contribution in [0.4, 0.5) is 18.9 Å². The first kappa shape index (κ1) is 26.1. The van der Waals surface area contributed by atoms with Crippen molar-refractivity contribution in [1.29, 1.82) is 5.26 Å². The number of rotatable bonds is 9. The molecule has 1 heterocycles. The van der Waals surface area contributed by atoms with Gasteiger partial charge in [0, 0.05) is 11.3 Å². The predicted molar refractivity (Wildman–Crippen MR) is 130 cm³/mol. The number of hydrogen-bond acceptors (Lipinski definition) is 5. The van der Waals surface area contributed by atoms with Crippen LogP contribution in [-0.2, 0) is 11.0 Å². The highest BCUT2D eigenvalue weighted by Crippen LogP contribution is 2.38. The molecule has 0 saturated heterocycles. The molecule has 3 rings (SSSR count). The number of halogens is 3. The summed E-state index contributed by atoms with van der Waals surface area (Å²) in [5, 5.41) is 12.0. The van der Waals surface area contributed by atoms with Gasteiger partial charge in [0.05, 0.1) is 29.2 Å². The third-order valence-electron chi connectivity index (χ3n) is 4.96. The van der Waals surface area contributed by atoms with Gasteiger partial charge in [-0.05, 0) is 61.4 Å². The monoisotopic (exact) mass is 499 g/mol. The fourth-order valence-electron chi connectivity index (χ4n) is 3.22. The van der Waals surface area contributed by atoms with Crippen molar-refractivity contribution in [3.05, 3.63) is 71.3 Å². The average molecular weight is 500 g/mol. The third kappa shape index (κ3) is 7.23. The molecular weight excluding hydrogens is 475 g/mol. The summed E-state index contributed by atoms with van der Waals surface area (Å²) >= 11 is 0.789. The van der Waals surface area contributed by atoms with Crippen LogP contribution in [-0.4, -0.2) is 23.3 Å². The van der Waals surface area contributed by atoms with E-state index in [9.17, 15) is 23.2 Å². The number of unbranched alkanes of at least 4 members (excludes halogenated alkanes) is 1. The van der Waals surface area contributed by atoms with Gasteiger partial charge in [-0.15, -0.1) is 0 Å². The lowest BCUT2D eigenvalue weighted by Gasteiger charge is -2.14. The standard InChI is InChI=1S/C26H24F3N3O2S/c1-3-4-12-34-20-10-8-18(9-11-20)23-14-22(26(27,28)29)21(15-30)25(32-23)35-16-24(33)31-19-7-5-6-17(2)13-19/h5-11,13-14H,3-4,12,16H2,1-2H3,(H,31,33). The van der Waals surface area contributed by atoms with Crippen LogP contribution in [0.25, 0.3) is 11.3 Å². The molecule has 5 nitrogen and oxygen atoms in total. The van der Waals surface area contributed by atoms with E-state index >= 15 is 0 Å². The number of nitrogens with zero attached hydrogens (tertiary/aromatic N) is 2. The molecule has 1 N–H and O–H groups in total. The van der Waals surface area contributed by atoms with Gasteiger partial charge in [0.15, 0.2) is 0 Å². The molecule has 0 fully saturated rings. The minimum atomic E-state index is -4.76. The quantitative estimate of drug-likeness (QED) is 0.257. The molecule has 0 spiro atoms. The zero-order chi connectivity index (χ0) is 25.4. The first-order chi connectivity index (χ1) is 16.7. The minimum absolute atomic E-state index is 0.0537. The number of pyridine rings is 1. The number of aromatic nitrogens is 1. The van der Waals surface area contributed by atoms with Crippen molar-refractivity contribution in [3.63, 3.8) is 0 Å². The van der Waals surface area contributed by atoms with E-state index in [1.807, 2.05) is 19.9 Å². The van der Waals surface area contributed by atoms with Crippen LogP contribution in [0.1, 0.15) is 36.5 Å². The molecule has 0 aliphatic heterocycles. The molecule has 182 valence electrons. The summed E-state index contributed by atoms with van der Waals surface area (Å²) in [7, 11) is 0. The van der Waals surface area contributed by atoms with Gasteiger partial charge in [0.2, 0.25) is 5.91 Å². The molecule has 0 bridgehead atoms. The summed E-state index contributed by atoms with van der Waals surface area (Å²) in [4.78, 5) is 16.7. The van der Waals surface area contributed by atoms with Gasteiger partial charge >= 0.3 is 6.18 Å². The van der Waals surface area contributed by atoms with E-state index in [-0.39, 0.29) is 16.5 Å². The number of ether oxygens (including phenoxy) is 1. The van der Waals surface area contributed by atoms with Crippen molar-refractivity contribution in [1.82, 2.24) is 4.98 Å². The smallest absolute Gasteiger partial charge is 0.417 e. The molecule has 1 aromatic heterocycles. The van der Waals surface area contributed by atoms with Gasteiger partial charge in [-0.25, -0.2) is 4.98 Å². The van der Waals surface area contributed by atoms with Gasteiger partial charge in [-0.2, -0.15) is 18.4 Å². The molecule has 0 radical (unpaired) electrons. The molecule has 0 unspecified atom stereocenters. The molecule has 0 atom stereocenters. The molecule has 0 aliphatic rings. The molecule has 0 aliphatic carbocycles. The van der Waals surface area contributed by atoms with Crippen LogP contribution in [0.5, 0.6) is 5.75 Å². The normalized spacial score (nSPS) is 11.1. The van der Waals surface area contributed by atoms with E-state index in [2.05, 4.69) is 10.3 Å². The van der Waals surface area contributed by atoms with E-state index in [0.717, 1.165) is 36.2 Å². The Balaban J connectivity index is 1.87. The fourth-order valence-corrected chi connectivity index (χ4v) is 4.02. The summed E-state index contributed by atoms with van der Waals surface area (Å²) in [6.45, 7) is 4.47. The first-order valence-electron chi connectivity index (χ1n) is 11.0. The maximum Gasteiger partial charge on any atom is 0.417 e. The van der Waals surface area contributed by atoms with Gasteiger partial charge in [0.25, 0.3) is 0 Å². The van der Waals surface area contributed by atoms with Crippen molar-refractivity contribution in [2.75, 3.05) is 17.7 Å². The number of carbonyl (C=O) groups is 1. The Morgan fingerprint density at radius 3 is 2.54 bits per heavy atom. The zero-order valence-corrected chi connectivity index (χ0v) is 20.1. The van der Waals surface area contributed by atoms with Gasteiger partial charge in [-0.1, -0.05) is 37.2 Å². The number of alkyl halides is 3.